The maximum atomic E-state index is 9.23. The first kappa shape index (κ1) is 11.7. The molecule has 0 aliphatic carbocycles. The molecule has 1 N–H and O–H groups in total. The monoisotopic (exact) mass is 228 g/mol. The van der Waals surface area contributed by atoms with Crippen LogP contribution in [0.4, 0.5) is 0 Å². The van der Waals surface area contributed by atoms with Crippen LogP contribution in [0.1, 0.15) is 12.5 Å². The number of hydrogen-bond acceptors (Lipinski definition) is 2. The molecule has 0 atom stereocenters. The second-order valence-corrected chi connectivity index (χ2v) is 3.88. The molecule has 17 heavy (non-hydrogen) atoms. The van der Waals surface area contributed by atoms with Crippen molar-refractivity contribution >= 4 is 0 Å². The Morgan fingerprint density at radius 2 is 1.41 bits per heavy atom. The average Bonchev–Trinajstić information content (AvgIpc) is 2.38. The third kappa shape index (κ3) is 3.08. The Balaban J connectivity index is 2.14. The fourth-order valence-electron chi connectivity index (χ4n) is 1.67. The average molecular weight is 228 g/mol. The SMILES string of the molecule is CCOCc1ccc(-c2ccc(O)cc2)cc1. The Morgan fingerprint density at radius 3 is 1.94 bits per heavy atom. The number of aromatic hydroxyl groups is 1. The van der Waals surface area contributed by atoms with E-state index in [2.05, 4.69) is 24.3 Å². The minimum Gasteiger partial charge on any atom is -0.508 e. The zero-order valence-electron chi connectivity index (χ0n) is 9.89. The summed E-state index contributed by atoms with van der Waals surface area (Å²) in [7, 11) is 0. The molecule has 0 heterocycles. The molecule has 0 amide bonds. The lowest BCUT2D eigenvalue weighted by Gasteiger charge is -2.05. The Hall–Kier alpha value is -1.80. The van der Waals surface area contributed by atoms with Gasteiger partial charge < -0.3 is 9.84 Å². The van der Waals surface area contributed by atoms with Crippen molar-refractivity contribution in [3.63, 3.8) is 0 Å². The van der Waals surface area contributed by atoms with Gasteiger partial charge in [0.2, 0.25) is 0 Å². The van der Waals surface area contributed by atoms with Crippen LogP contribution in [-0.4, -0.2) is 11.7 Å². The second kappa shape index (κ2) is 5.51. The van der Waals surface area contributed by atoms with Crippen molar-refractivity contribution in [2.75, 3.05) is 6.61 Å². The van der Waals surface area contributed by atoms with Crippen molar-refractivity contribution in [2.24, 2.45) is 0 Å². The summed E-state index contributed by atoms with van der Waals surface area (Å²) in [6, 6.07) is 15.5. The normalized spacial score (nSPS) is 10.4. The maximum Gasteiger partial charge on any atom is 0.115 e. The first-order chi connectivity index (χ1) is 8.29. The maximum absolute atomic E-state index is 9.23. The lowest BCUT2D eigenvalue weighted by molar-refractivity contribution is 0.134. The molecule has 2 heteroatoms. The summed E-state index contributed by atoms with van der Waals surface area (Å²) >= 11 is 0. The molecular weight excluding hydrogens is 212 g/mol. The lowest BCUT2D eigenvalue weighted by Crippen LogP contribution is -1.91. The minimum atomic E-state index is 0.293. The molecular formula is C15H16O2. The summed E-state index contributed by atoms with van der Waals surface area (Å²) in [6.45, 7) is 3.39. The Kier molecular flexibility index (Phi) is 3.78. The predicted octanol–water partition coefficient (Wildman–Crippen LogP) is 3.60. The van der Waals surface area contributed by atoms with Gasteiger partial charge in [-0.3, -0.25) is 0 Å². The standard InChI is InChI=1S/C15H16O2/c1-2-17-11-12-3-5-13(6-4-12)14-7-9-15(16)10-8-14/h3-10,16H,2,11H2,1H3. The summed E-state index contributed by atoms with van der Waals surface area (Å²) in [5, 5.41) is 9.23. The Labute approximate surface area is 101 Å². The zero-order valence-corrected chi connectivity index (χ0v) is 9.89. The van der Waals surface area contributed by atoms with E-state index in [9.17, 15) is 5.11 Å². The topological polar surface area (TPSA) is 29.5 Å². The first-order valence-electron chi connectivity index (χ1n) is 5.75. The van der Waals surface area contributed by atoms with Crippen LogP contribution in [0.3, 0.4) is 0 Å². The van der Waals surface area contributed by atoms with E-state index in [0.29, 0.717) is 12.4 Å². The largest absolute Gasteiger partial charge is 0.508 e. The summed E-state index contributed by atoms with van der Waals surface area (Å²) in [6.07, 6.45) is 0. The van der Waals surface area contributed by atoms with Gasteiger partial charge in [-0.2, -0.15) is 0 Å². The molecule has 0 unspecified atom stereocenters. The lowest BCUT2D eigenvalue weighted by atomic mass is 10.0. The number of rotatable bonds is 4. The molecule has 0 saturated carbocycles. The highest BCUT2D eigenvalue weighted by atomic mass is 16.5. The number of hydrogen-bond donors (Lipinski definition) is 1. The van der Waals surface area contributed by atoms with Gasteiger partial charge >= 0.3 is 0 Å². The molecule has 2 aromatic rings. The molecule has 0 bridgehead atoms. The van der Waals surface area contributed by atoms with E-state index >= 15 is 0 Å². The molecule has 2 rings (SSSR count). The summed E-state index contributed by atoms with van der Waals surface area (Å²) < 4.78 is 5.35. The van der Waals surface area contributed by atoms with Crippen LogP contribution in [0.25, 0.3) is 11.1 Å². The van der Waals surface area contributed by atoms with E-state index in [4.69, 9.17) is 4.74 Å². The summed E-state index contributed by atoms with van der Waals surface area (Å²) in [5.74, 6) is 0.293. The van der Waals surface area contributed by atoms with E-state index in [1.54, 1.807) is 12.1 Å². The van der Waals surface area contributed by atoms with Crippen molar-refractivity contribution < 1.29 is 9.84 Å². The minimum absolute atomic E-state index is 0.293. The van der Waals surface area contributed by atoms with Gasteiger partial charge in [0.1, 0.15) is 5.75 Å². The van der Waals surface area contributed by atoms with Gasteiger partial charge in [-0.1, -0.05) is 36.4 Å². The van der Waals surface area contributed by atoms with E-state index in [1.165, 1.54) is 5.56 Å². The quantitative estimate of drug-likeness (QED) is 0.866. The van der Waals surface area contributed by atoms with Gasteiger partial charge in [0.05, 0.1) is 6.61 Å². The van der Waals surface area contributed by atoms with Crippen molar-refractivity contribution in [1.29, 1.82) is 0 Å². The van der Waals surface area contributed by atoms with Gasteiger partial charge in [0, 0.05) is 6.61 Å². The molecule has 0 saturated heterocycles. The first-order valence-corrected chi connectivity index (χ1v) is 5.75. The van der Waals surface area contributed by atoms with Crippen LogP contribution >= 0.6 is 0 Å². The molecule has 0 aliphatic rings. The summed E-state index contributed by atoms with van der Waals surface area (Å²) in [4.78, 5) is 0. The highest BCUT2D eigenvalue weighted by Crippen LogP contribution is 2.22. The van der Waals surface area contributed by atoms with Gasteiger partial charge in [0.25, 0.3) is 0 Å². The van der Waals surface area contributed by atoms with Crippen LogP contribution in [-0.2, 0) is 11.3 Å². The molecule has 0 aliphatic heterocycles. The molecule has 2 nitrogen and oxygen atoms in total. The van der Waals surface area contributed by atoms with Crippen molar-refractivity contribution in [3.05, 3.63) is 54.1 Å². The van der Waals surface area contributed by atoms with E-state index in [1.807, 2.05) is 19.1 Å². The van der Waals surface area contributed by atoms with Crippen LogP contribution in [0.2, 0.25) is 0 Å². The summed E-state index contributed by atoms with van der Waals surface area (Å²) in [5.41, 5.74) is 3.42. The Bertz CT molecular complexity index is 457. The van der Waals surface area contributed by atoms with Gasteiger partial charge in [-0.05, 0) is 35.7 Å². The fraction of sp³-hybridized carbons (Fsp3) is 0.200. The van der Waals surface area contributed by atoms with Crippen molar-refractivity contribution in [3.8, 4) is 16.9 Å². The molecule has 0 fully saturated rings. The number of benzene rings is 2. The molecule has 0 aromatic heterocycles. The van der Waals surface area contributed by atoms with Crippen LogP contribution in [0, 0.1) is 0 Å². The third-order valence-corrected chi connectivity index (χ3v) is 2.63. The molecule has 0 spiro atoms. The fourth-order valence-corrected chi connectivity index (χ4v) is 1.67. The number of ether oxygens (including phenoxy) is 1. The molecule has 2 aromatic carbocycles. The van der Waals surface area contributed by atoms with Crippen LogP contribution in [0.5, 0.6) is 5.75 Å². The van der Waals surface area contributed by atoms with Gasteiger partial charge in [-0.15, -0.1) is 0 Å². The van der Waals surface area contributed by atoms with E-state index < -0.39 is 0 Å². The zero-order chi connectivity index (χ0) is 12.1. The van der Waals surface area contributed by atoms with Crippen LogP contribution in [0.15, 0.2) is 48.5 Å². The highest BCUT2D eigenvalue weighted by molar-refractivity contribution is 5.64. The van der Waals surface area contributed by atoms with E-state index in [0.717, 1.165) is 17.7 Å². The van der Waals surface area contributed by atoms with Gasteiger partial charge in [-0.25, -0.2) is 0 Å². The predicted molar refractivity (Wildman–Crippen MR) is 68.9 cm³/mol. The van der Waals surface area contributed by atoms with Crippen LogP contribution < -0.4 is 0 Å². The highest BCUT2D eigenvalue weighted by Gasteiger charge is 1.98. The van der Waals surface area contributed by atoms with Crippen molar-refractivity contribution in [1.82, 2.24) is 0 Å². The Morgan fingerprint density at radius 1 is 0.882 bits per heavy atom. The van der Waals surface area contributed by atoms with Gasteiger partial charge in [0.15, 0.2) is 0 Å². The smallest absolute Gasteiger partial charge is 0.115 e. The second-order valence-electron chi connectivity index (χ2n) is 3.88. The molecule has 0 radical (unpaired) electrons. The number of phenolic OH excluding ortho intramolecular Hbond substituents is 1. The third-order valence-electron chi connectivity index (χ3n) is 2.63. The van der Waals surface area contributed by atoms with Crippen molar-refractivity contribution in [2.45, 2.75) is 13.5 Å². The molecule has 88 valence electrons. The van der Waals surface area contributed by atoms with E-state index in [-0.39, 0.29) is 0 Å². The number of phenols is 1.